The van der Waals surface area contributed by atoms with Gasteiger partial charge in [-0.25, -0.2) is 0 Å². The molecule has 2 aromatic heterocycles. The Bertz CT molecular complexity index is 897. The van der Waals surface area contributed by atoms with Crippen LogP contribution in [0.15, 0.2) is 35.4 Å². The number of fused-ring (bicyclic) bond motifs is 1. The molecule has 0 saturated heterocycles. The number of rotatable bonds is 7. The van der Waals surface area contributed by atoms with E-state index in [0.717, 1.165) is 27.2 Å². The predicted octanol–water partition coefficient (Wildman–Crippen LogP) is 5.70. The lowest BCUT2D eigenvalue weighted by Gasteiger charge is -2.18. The molecule has 3 N–H and O–H groups in total. The van der Waals surface area contributed by atoms with Gasteiger partial charge in [-0.2, -0.15) is 0 Å². The summed E-state index contributed by atoms with van der Waals surface area (Å²) in [5, 5.41) is 1.13. The van der Waals surface area contributed by atoms with Crippen LogP contribution in [-0.4, -0.2) is 16.8 Å². The van der Waals surface area contributed by atoms with Crippen LogP contribution in [0, 0.1) is 0 Å². The van der Waals surface area contributed by atoms with E-state index >= 15 is 0 Å². The number of aromatic nitrogens is 1. The number of aromatic amines is 1. The molecule has 0 aliphatic heterocycles. The zero-order valence-electron chi connectivity index (χ0n) is 16.1. The normalized spacial score (nSPS) is 13.9. The van der Waals surface area contributed by atoms with E-state index in [0.29, 0.717) is 5.88 Å². The van der Waals surface area contributed by atoms with Crippen molar-refractivity contribution in [1.82, 2.24) is 4.98 Å². The number of allylic oxidation sites excluding steroid dienone is 5. The number of carbonyl (C=O) groups excluding carboxylic acids is 1. The lowest BCUT2D eigenvalue weighted by Crippen LogP contribution is -2.34. The molecule has 0 aliphatic carbocycles. The van der Waals surface area contributed by atoms with Crippen molar-refractivity contribution in [1.29, 1.82) is 0 Å². The predicted molar refractivity (Wildman–Crippen MR) is 115 cm³/mol. The smallest absolute Gasteiger partial charge is 0.228 e. The second-order valence-corrected chi connectivity index (χ2v) is 8.48. The fourth-order valence-corrected chi connectivity index (χ4v) is 4.09. The third-order valence-electron chi connectivity index (χ3n) is 4.63. The highest BCUT2D eigenvalue weighted by Crippen LogP contribution is 2.37. The second kappa shape index (κ2) is 8.28. The van der Waals surface area contributed by atoms with Crippen LogP contribution in [-0.2, 0) is 16.6 Å². The van der Waals surface area contributed by atoms with Crippen LogP contribution in [0.25, 0.3) is 16.3 Å². The van der Waals surface area contributed by atoms with Crippen molar-refractivity contribution in [3.05, 3.63) is 51.6 Å². The minimum Gasteiger partial charge on any atom is -0.369 e. The van der Waals surface area contributed by atoms with Gasteiger partial charge in [0.1, 0.15) is 4.83 Å². The van der Waals surface area contributed by atoms with Gasteiger partial charge in [0, 0.05) is 21.8 Å². The zero-order valence-corrected chi connectivity index (χ0v) is 17.6. The topological polar surface area (TPSA) is 58.9 Å². The summed E-state index contributed by atoms with van der Waals surface area (Å²) in [6, 6.07) is 2.08. The number of hydrogen-bond acceptors (Lipinski definition) is 2. The van der Waals surface area contributed by atoms with E-state index in [9.17, 15) is 4.79 Å². The first-order valence-corrected chi connectivity index (χ1v) is 10.1. The van der Waals surface area contributed by atoms with E-state index in [1.165, 1.54) is 16.7 Å². The van der Waals surface area contributed by atoms with E-state index in [-0.39, 0.29) is 5.91 Å². The van der Waals surface area contributed by atoms with E-state index in [1.54, 1.807) is 11.3 Å². The second-order valence-electron chi connectivity index (χ2n) is 7.05. The third kappa shape index (κ3) is 4.30. The van der Waals surface area contributed by atoms with Gasteiger partial charge in [0.15, 0.2) is 0 Å². The third-order valence-corrected chi connectivity index (χ3v) is 6.19. The van der Waals surface area contributed by atoms with Gasteiger partial charge in [-0.15, -0.1) is 22.9 Å². The molecule has 0 atom stereocenters. The highest BCUT2D eigenvalue weighted by atomic mass is 35.5. The molecule has 2 aromatic rings. The summed E-state index contributed by atoms with van der Waals surface area (Å²) in [5.41, 5.74) is 9.56. The van der Waals surface area contributed by atoms with E-state index in [4.69, 9.17) is 17.3 Å². The summed E-state index contributed by atoms with van der Waals surface area (Å²) in [6.07, 6.45) is 9.21. The summed E-state index contributed by atoms with van der Waals surface area (Å²) in [5.74, 6) is 0.227. The van der Waals surface area contributed by atoms with Gasteiger partial charge in [0.05, 0.1) is 5.41 Å². The highest BCUT2D eigenvalue weighted by molar-refractivity contribution is 7.19. The highest BCUT2D eigenvalue weighted by Gasteiger charge is 2.30. The molecule has 1 amide bonds. The summed E-state index contributed by atoms with van der Waals surface area (Å²) in [4.78, 5) is 17.3. The first-order valence-electron chi connectivity index (χ1n) is 8.70. The molecule has 0 saturated carbocycles. The zero-order chi connectivity index (χ0) is 19.5. The monoisotopic (exact) mass is 390 g/mol. The van der Waals surface area contributed by atoms with Gasteiger partial charge in [0.2, 0.25) is 5.91 Å². The summed E-state index contributed by atoms with van der Waals surface area (Å²) < 4.78 is 0. The molecule has 0 unspecified atom stereocenters. The van der Waals surface area contributed by atoms with Crippen molar-refractivity contribution >= 4 is 45.1 Å². The molecule has 26 heavy (non-hydrogen) atoms. The average Bonchev–Trinajstić information content (AvgIpc) is 3.12. The molecular weight excluding hydrogens is 364 g/mol. The quantitative estimate of drug-likeness (QED) is 0.462. The number of halogens is 1. The molecule has 3 nitrogen and oxygen atoms in total. The Morgan fingerprint density at radius 2 is 2.04 bits per heavy atom. The number of carbonyl (C=O) groups is 1. The number of primary amides is 1. The molecule has 0 aromatic carbocycles. The van der Waals surface area contributed by atoms with Crippen LogP contribution in [0.4, 0.5) is 0 Å². The van der Waals surface area contributed by atoms with Crippen molar-refractivity contribution in [3.8, 4) is 0 Å². The van der Waals surface area contributed by atoms with Gasteiger partial charge in [-0.3, -0.25) is 4.79 Å². The van der Waals surface area contributed by atoms with Gasteiger partial charge in [-0.05, 0) is 58.7 Å². The minimum atomic E-state index is -0.678. The summed E-state index contributed by atoms with van der Waals surface area (Å²) in [6.45, 7) is 9.93. The van der Waals surface area contributed by atoms with Gasteiger partial charge < -0.3 is 10.7 Å². The number of nitrogens with one attached hydrogen (secondary N) is 1. The average molecular weight is 391 g/mol. The van der Waals surface area contributed by atoms with Crippen molar-refractivity contribution < 1.29 is 4.79 Å². The van der Waals surface area contributed by atoms with Crippen molar-refractivity contribution in [3.63, 3.8) is 0 Å². The van der Waals surface area contributed by atoms with E-state index in [2.05, 4.69) is 49.2 Å². The minimum absolute atomic E-state index is 0.319. The molecule has 2 heterocycles. The molecule has 0 fully saturated rings. The van der Waals surface area contributed by atoms with E-state index in [1.807, 2.05) is 20.8 Å². The SMILES string of the molecule is C\C=C(C)/C=C(C)\C=C\c1[nH]c2sc(C(C)(C)C(N)=O)cc2c1CCCl. The standard InChI is InChI=1S/C21H27ClN2OS/c1-6-13(2)11-14(3)7-8-17-15(9-10-22)16-12-18(26-19(16)24-17)21(4,5)20(23)25/h6-8,11-12,24H,9-10H2,1-5H3,(H2,23,25)/b8-7+,13-6-,14-11-. The number of hydrogen-bond donors (Lipinski definition) is 2. The lowest BCUT2D eigenvalue weighted by molar-refractivity contribution is -0.122. The van der Waals surface area contributed by atoms with Crippen LogP contribution < -0.4 is 5.73 Å². The van der Waals surface area contributed by atoms with Crippen LogP contribution in [0.3, 0.4) is 0 Å². The van der Waals surface area contributed by atoms with Crippen LogP contribution >= 0.6 is 22.9 Å². The van der Waals surface area contributed by atoms with Crippen molar-refractivity contribution in [2.24, 2.45) is 5.73 Å². The molecular formula is C21H27ClN2OS. The summed E-state index contributed by atoms with van der Waals surface area (Å²) >= 11 is 7.62. The maximum Gasteiger partial charge on any atom is 0.228 e. The first kappa shape index (κ1) is 20.5. The number of alkyl halides is 1. The molecule has 2 rings (SSSR count). The maximum atomic E-state index is 11.8. The van der Waals surface area contributed by atoms with Gasteiger partial charge >= 0.3 is 0 Å². The Kier molecular flexibility index (Phi) is 6.53. The van der Waals surface area contributed by atoms with Crippen molar-refractivity contribution in [2.45, 2.75) is 46.5 Å². The Morgan fingerprint density at radius 3 is 2.62 bits per heavy atom. The Labute approximate surface area is 164 Å². The fourth-order valence-electron chi connectivity index (χ4n) is 2.69. The molecule has 0 spiro atoms. The van der Waals surface area contributed by atoms with E-state index < -0.39 is 5.41 Å². The number of aryl methyl sites for hydroxylation is 1. The molecule has 5 heteroatoms. The largest absolute Gasteiger partial charge is 0.369 e. The molecule has 140 valence electrons. The number of thiophene rings is 1. The Balaban J connectivity index is 2.46. The number of amides is 1. The van der Waals surface area contributed by atoms with Crippen molar-refractivity contribution in [2.75, 3.05) is 5.88 Å². The lowest BCUT2D eigenvalue weighted by atomic mass is 9.90. The molecule has 0 bridgehead atoms. The van der Waals surface area contributed by atoms with Crippen LogP contribution in [0.5, 0.6) is 0 Å². The number of H-pyrrole nitrogens is 1. The first-order chi connectivity index (χ1) is 12.2. The van der Waals surface area contributed by atoms with Crippen LogP contribution in [0.1, 0.15) is 50.8 Å². The maximum absolute atomic E-state index is 11.8. The number of nitrogens with two attached hydrogens (primary N) is 1. The van der Waals surface area contributed by atoms with Gasteiger partial charge in [0.25, 0.3) is 0 Å². The van der Waals surface area contributed by atoms with Gasteiger partial charge in [-0.1, -0.05) is 29.4 Å². The summed E-state index contributed by atoms with van der Waals surface area (Å²) in [7, 11) is 0. The Hall–Kier alpha value is -1.78. The fraction of sp³-hybridized carbons (Fsp3) is 0.381. The Morgan fingerprint density at radius 1 is 1.35 bits per heavy atom. The molecule has 0 aliphatic rings. The molecule has 0 radical (unpaired) electrons. The van der Waals surface area contributed by atoms with Crippen LogP contribution in [0.2, 0.25) is 0 Å².